The van der Waals surface area contributed by atoms with Gasteiger partial charge in [0.15, 0.2) is 17.8 Å². The molecule has 0 saturated carbocycles. The summed E-state index contributed by atoms with van der Waals surface area (Å²) in [5.74, 6) is 1.04. The first-order valence-corrected chi connectivity index (χ1v) is 4.44. The number of hydrogen-bond acceptors (Lipinski definition) is 4. The van der Waals surface area contributed by atoms with Gasteiger partial charge >= 0.3 is 0 Å². The van der Waals surface area contributed by atoms with Crippen molar-refractivity contribution < 1.29 is 19.7 Å². The fourth-order valence-electron chi connectivity index (χ4n) is 1.37. The molecule has 4 heteroatoms. The van der Waals surface area contributed by atoms with E-state index in [1.54, 1.807) is 25.1 Å². The molecule has 4 nitrogen and oxygen atoms in total. The molecule has 14 heavy (non-hydrogen) atoms. The van der Waals surface area contributed by atoms with Gasteiger partial charge in [0.2, 0.25) is 6.79 Å². The Kier molecular flexibility index (Phi) is 2.31. The average Bonchev–Trinajstić information content (AvgIpc) is 2.62. The van der Waals surface area contributed by atoms with Crippen LogP contribution in [0.5, 0.6) is 11.5 Å². The summed E-state index contributed by atoms with van der Waals surface area (Å²) in [6.45, 7) is 1.97. The van der Waals surface area contributed by atoms with Crippen LogP contribution in [-0.2, 0) is 0 Å². The summed E-state index contributed by atoms with van der Waals surface area (Å²) in [6.07, 6.45) is -1.35. The van der Waals surface area contributed by atoms with E-state index in [9.17, 15) is 0 Å². The zero-order chi connectivity index (χ0) is 10.1. The van der Waals surface area contributed by atoms with E-state index >= 15 is 0 Å². The van der Waals surface area contributed by atoms with Crippen molar-refractivity contribution in [3.05, 3.63) is 23.8 Å². The van der Waals surface area contributed by atoms with Crippen LogP contribution in [0.3, 0.4) is 0 Å². The van der Waals surface area contributed by atoms with E-state index in [4.69, 9.17) is 19.7 Å². The van der Waals surface area contributed by atoms with Crippen LogP contribution < -0.4 is 9.47 Å². The molecule has 2 rings (SSSR count). The maximum atomic E-state index is 9.01. The van der Waals surface area contributed by atoms with Gasteiger partial charge in [-0.2, -0.15) is 0 Å². The fourth-order valence-corrected chi connectivity index (χ4v) is 1.37. The zero-order valence-corrected chi connectivity index (χ0v) is 7.80. The molecule has 1 heterocycles. The third kappa shape index (κ3) is 1.54. The Morgan fingerprint density at radius 1 is 1.21 bits per heavy atom. The van der Waals surface area contributed by atoms with Crippen molar-refractivity contribution in [2.75, 3.05) is 6.79 Å². The monoisotopic (exact) mass is 196 g/mol. The molecule has 1 atom stereocenters. The predicted octanol–water partition coefficient (Wildman–Crippen LogP) is 0.829. The molecule has 0 aliphatic carbocycles. The van der Waals surface area contributed by atoms with E-state index in [-0.39, 0.29) is 12.7 Å². The Hall–Kier alpha value is -1.26. The highest BCUT2D eigenvalue weighted by molar-refractivity contribution is 5.45. The van der Waals surface area contributed by atoms with Gasteiger partial charge in [-0.3, -0.25) is 0 Å². The van der Waals surface area contributed by atoms with Gasteiger partial charge in [0.25, 0.3) is 0 Å². The Bertz CT molecular complexity index is 335. The SMILES string of the molecule is CC(c1ccc2c(c1)OCO2)C(O)O. The fraction of sp³-hybridized carbons (Fsp3) is 0.400. The lowest BCUT2D eigenvalue weighted by Crippen LogP contribution is -2.14. The van der Waals surface area contributed by atoms with E-state index in [0.717, 1.165) is 5.56 Å². The van der Waals surface area contributed by atoms with E-state index in [1.165, 1.54) is 0 Å². The first-order chi connectivity index (χ1) is 6.68. The predicted molar refractivity (Wildman–Crippen MR) is 49.2 cm³/mol. The highest BCUT2D eigenvalue weighted by Gasteiger charge is 2.18. The van der Waals surface area contributed by atoms with Crippen LogP contribution in [-0.4, -0.2) is 23.3 Å². The van der Waals surface area contributed by atoms with Crippen molar-refractivity contribution in [1.82, 2.24) is 0 Å². The van der Waals surface area contributed by atoms with E-state index in [1.807, 2.05) is 0 Å². The van der Waals surface area contributed by atoms with E-state index in [2.05, 4.69) is 0 Å². The third-order valence-electron chi connectivity index (χ3n) is 2.37. The van der Waals surface area contributed by atoms with Crippen LogP contribution in [0, 0.1) is 0 Å². The van der Waals surface area contributed by atoms with Gasteiger partial charge in [-0.15, -0.1) is 0 Å². The Morgan fingerprint density at radius 3 is 2.64 bits per heavy atom. The number of rotatable bonds is 2. The van der Waals surface area contributed by atoms with Gasteiger partial charge in [0, 0.05) is 5.92 Å². The zero-order valence-electron chi connectivity index (χ0n) is 7.80. The lowest BCUT2D eigenvalue weighted by atomic mass is 10.0. The quantitative estimate of drug-likeness (QED) is 0.688. The Balaban J connectivity index is 2.28. The largest absolute Gasteiger partial charge is 0.454 e. The van der Waals surface area contributed by atoms with Crippen LogP contribution in [0.25, 0.3) is 0 Å². The highest BCUT2D eigenvalue weighted by Crippen LogP contribution is 2.34. The molecule has 2 N–H and O–H groups in total. The topological polar surface area (TPSA) is 58.9 Å². The molecule has 0 amide bonds. The molecule has 1 aromatic carbocycles. The van der Waals surface area contributed by atoms with Crippen molar-refractivity contribution in [1.29, 1.82) is 0 Å². The summed E-state index contributed by atoms with van der Waals surface area (Å²) >= 11 is 0. The molecule has 1 aromatic rings. The summed E-state index contributed by atoms with van der Waals surface area (Å²) in [5.41, 5.74) is 0.823. The highest BCUT2D eigenvalue weighted by atomic mass is 16.7. The molecular weight excluding hydrogens is 184 g/mol. The number of benzene rings is 1. The number of aliphatic hydroxyl groups excluding tert-OH is 1. The Morgan fingerprint density at radius 2 is 1.93 bits per heavy atom. The van der Waals surface area contributed by atoms with Crippen molar-refractivity contribution >= 4 is 0 Å². The summed E-state index contributed by atoms with van der Waals surface area (Å²) < 4.78 is 10.3. The first kappa shape index (κ1) is 9.30. The summed E-state index contributed by atoms with van der Waals surface area (Å²) in [7, 11) is 0. The number of hydrogen-bond donors (Lipinski definition) is 2. The minimum absolute atomic E-state index is 0.231. The summed E-state index contributed by atoms with van der Waals surface area (Å²) in [4.78, 5) is 0. The molecule has 1 aliphatic rings. The maximum Gasteiger partial charge on any atom is 0.231 e. The van der Waals surface area contributed by atoms with Crippen LogP contribution in [0.15, 0.2) is 18.2 Å². The molecule has 1 aliphatic heterocycles. The molecule has 0 spiro atoms. The molecule has 0 bridgehead atoms. The van der Waals surface area contributed by atoms with Gasteiger partial charge in [-0.25, -0.2) is 0 Å². The van der Waals surface area contributed by atoms with Gasteiger partial charge in [-0.1, -0.05) is 13.0 Å². The molecule has 76 valence electrons. The van der Waals surface area contributed by atoms with Crippen molar-refractivity contribution in [3.63, 3.8) is 0 Å². The smallest absolute Gasteiger partial charge is 0.231 e. The number of aliphatic hydroxyl groups is 2. The lowest BCUT2D eigenvalue weighted by molar-refractivity contribution is -0.0561. The molecule has 0 saturated heterocycles. The first-order valence-electron chi connectivity index (χ1n) is 4.44. The summed E-state index contributed by atoms with van der Waals surface area (Å²) in [5, 5.41) is 18.0. The van der Waals surface area contributed by atoms with Gasteiger partial charge < -0.3 is 19.7 Å². The molecule has 0 aromatic heterocycles. The molecule has 0 radical (unpaired) electrons. The molecule has 1 unspecified atom stereocenters. The lowest BCUT2D eigenvalue weighted by Gasteiger charge is -2.13. The van der Waals surface area contributed by atoms with Crippen molar-refractivity contribution in [3.8, 4) is 11.5 Å². The van der Waals surface area contributed by atoms with Gasteiger partial charge in [-0.05, 0) is 17.7 Å². The summed E-state index contributed by atoms with van der Waals surface area (Å²) in [6, 6.07) is 5.35. The number of ether oxygens (including phenoxy) is 2. The van der Waals surface area contributed by atoms with Crippen LogP contribution in [0.2, 0.25) is 0 Å². The normalized spacial score (nSPS) is 16.0. The van der Waals surface area contributed by atoms with Gasteiger partial charge in [0.05, 0.1) is 0 Å². The molecular formula is C10H12O4. The second-order valence-corrected chi connectivity index (χ2v) is 3.31. The third-order valence-corrected chi connectivity index (χ3v) is 2.37. The standard InChI is InChI=1S/C10H12O4/c1-6(10(11)12)7-2-3-8-9(4-7)14-5-13-8/h2-4,6,10-12H,5H2,1H3. The minimum atomic E-state index is -1.35. The van der Waals surface area contributed by atoms with E-state index in [0.29, 0.717) is 11.5 Å². The van der Waals surface area contributed by atoms with Crippen molar-refractivity contribution in [2.45, 2.75) is 19.1 Å². The van der Waals surface area contributed by atoms with Crippen molar-refractivity contribution in [2.24, 2.45) is 0 Å². The van der Waals surface area contributed by atoms with E-state index < -0.39 is 6.29 Å². The Labute approximate surface area is 81.7 Å². The second-order valence-electron chi connectivity index (χ2n) is 3.31. The van der Waals surface area contributed by atoms with Crippen LogP contribution in [0.1, 0.15) is 18.4 Å². The van der Waals surface area contributed by atoms with Crippen LogP contribution >= 0.6 is 0 Å². The van der Waals surface area contributed by atoms with Crippen LogP contribution in [0.4, 0.5) is 0 Å². The van der Waals surface area contributed by atoms with Gasteiger partial charge in [0.1, 0.15) is 0 Å². The maximum absolute atomic E-state index is 9.01. The average molecular weight is 196 g/mol. The minimum Gasteiger partial charge on any atom is -0.454 e. The number of fused-ring (bicyclic) bond motifs is 1. The molecule has 0 fully saturated rings. The second kappa shape index (κ2) is 3.48.